The minimum absolute atomic E-state index is 0.278. The van der Waals surface area contributed by atoms with Gasteiger partial charge in [0.25, 0.3) is 0 Å². The lowest BCUT2D eigenvalue weighted by Gasteiger charge is -2.27. The first-order valence-electron chi connectivity index (χ1n) is 7.33. The Bertz CT molecular complexity index is 409. The minimum atomic E-state index is -0.798. The van der Waals surface area contributed by atoms with E-state index in [4.69, 9.17) is 0 Å². The fraction of sp³-hybridized carbons (Fsp3) is 0.562. The average molecular weight is 278 g/mol. The molecule has 0 unspecified atom stereocenters. The molecule has 1 rings (SSSR count). The minimum Gasteiger partial charge on any atom is -0.388 e. The second kappa shape index (κ2) is 7.90. The lowest BCUT2D eigenvalue weighted by Crippen LogP contribution is -2.44. The quantitative estimate of drug-likeness (QED) is 0.715. The summed E-state index contributed by atoms with van der Waals surface area (Å²) in [6.07, 6.45) is 3.20. The molecule has 0 radical (unpaired) electrons. The van der Waals surface area contributed by atoms with Gasteiger partial charge in [0.05, 0.1) is 5.60 Å². The summed E-state index contributed by atoms with van der Waals surface area (Å²) in [4.78, 5) is 11.8. The Morgan fingerprint density at radius 3 is 2.20 bits per heavy atom. The van der Waals surface area contributed by atoms with Crippen molar-refractivity contribution in [3.05, 3.63) is 29.8 Å². The van der Waals surface area contributed by atoms with Crippen LogP contribution in [0.3, 0.4) is 0 Å². The van der Waals surface area contributed by atoms with Gasteiger partial charge in [-0.15, -0.1) is 0 Å². The van der Waals surface area contributed by atoms with Gasteiger partial charge in [-0.05, 0) is 31.9 Å². The molecule has 0 bridgehead atoms. The van der Waals surface area contributed by atoms with E-state index in [1.165, 1.54) is 0 Å². The number of aryl methyl sites for hydroxylation is 1. The van der Waals surface area contributed by atoms with Gasteiger partial charge in [0, 0.05) is 12.2 Å². The highest BCUT2D eigenvalue weighted by Gasteiger charge is 2.25. The van der Waals surface area contributed by atoms with E-state index in [2.05, 4.69) is 10.6 Å². The van der Waals surface area contributed by atoms with Crippen LogP contribution in [0.15, 0.2) is 24.3 Å². The smallest absolute Gasteiger partial charge is 0.319 e. The summed E-state index contributed by atoms with van der Waals surface area (Å²) in [6.45, 7) is 6.35. The molecule has 0 aliphatic rings. The van der Waals surface area contributed by atoms with Crippen molar-refractivity contribution >= 4 is 11.7 Å². The Labute approximate surface area is 121 Å². The second-order valence-corrected chi connectivity index (χ2v) is 5.40. The topological polar surface area (TPSA) is 61.4 Å². The van der Waals surface area contributed by atoms with Gasteiger partial charge >= 0.3 is 6.03 Å². The number of benzene rings is 1. The van der Waals surface area contributed by atoms with Crippen molar-refractivity contribution in [1.82, 2.24) is 5.32 Å². The molecule has 1 aromatic rings. The van der Waals surface area contributed by atoms with Crippen molar-refractivity contribution in [1.29, 1.82) is 0 Å². The van der Waals surface area contributed by atoms with Gasteiger partial charge < -0.3 is 15.7 Å². The van der Waals surface area contributed by atoms with Crippen LogP contribution in [0.25, 0.3) is 0 Å². The van der Waals surface area contributed by atoms with Crippen LogP contribution in [0.5, 0.6) is 0 Å². The average Bonchev–Trinajstić information content (AvgIpc) is 2.40. The van der Waals surface area contributed by atoms with Crippen LogP contribution in [0.4, 0.5) is 10.5 Å². The first-order chi connectivity index (χ1) is 9.49. The normalized spacial score (nSPS) is 11.2. The molecule has 0 aliphatic carbocycles. The summed E-state index contributed by atoms with van der Waals surface area (Å²) in [5, 5.41) is 15.9. The van der Waals surface area contributed by atoms with Crippen LogP contribution in [0.2, 0.25) is 0 Å². The summed E-state index contributed by atoms with van der Waals surface area (Å²) in [5.41, 5.74) is 1.10. The summed E-state index contributed by atoms with van der Waals surface area (Å²) < 4.78 is 0. The Balaban J connectivity index is 2.47. The number of hydrogen-bond donors (Lipinski definition) is 3. The van der Waals surface area contributed by atoms with E-state index in [0.717, 1.165) is 24.1 Å². The van der Waals surface area contributed by atoms with E-state index in [9.17, 15) is 9.90 Å². The number of nitrogens with one attached hydrogen (secondary N) is 2. The molecule has 0 aliphatic heterocycles. The molecule has 0 heterocycles. The highest BCUT2D eigenvalue weighted by molar-refractivity contribution is 5.89. The molecule has 0 aromatic heterocycles. The van der Waals surface area contributed by atoms with Gasteiger partial charge in [0.15, 0.2) is 0 Å². The van der Waals surface area contributed by atoms with Gasteiger partial charge in [-0.2, -0.15) is 0 Å². The highest BCUT2D eigenvalue weighted by Crippen LogP contribution is 2.18. The van der Waals surface area contributed by atoms with Crippen molar-refractivity contribution in [3.63, 3.8) is 0 Å². The molecule has 0 fully saturated rings. The van der Waals surface area contributed by atoms with Crippen molar-refractivity contribution in [3.8, 4) is 0 Å². The van der Waals surface area contributed by atoms with Gasteiger partial charge in [-0.1, -0.05) is 44.4 Å². The first kappa shape index (κ1) is 16.5. The molecule has 0 saturated carbocycles. The van der Waals surface area contributed by atoms with Gasteiger partial charge in [0.2, 0.25) is 0 Å². The molecular weight excluding hydrogens is 252 g/mol. The van der Waals surface area contributed by atoms with Crippen molar-refractivity contribution in [2.45, 2.75) is 52.1 Å². The summed E-state index contributed by atoms with van der Waals surface area (Å²) in [7, 11) is 0. The van der Waals surface area contributed by atoms with Crippen LogP contribution >= 0.6 is 0 Å². The lowest BCUT2D eigenvalue weighted by molar-refractivity contribution is 0.0245. The number of hydrogen-bond acceptors (Lipinski definition) is 2. The SMILES string of the molecule is CCCC(O)(CCC)CNC(=O)Nc1ccc(C)cc1. The number of rotatable bonds is 7. The molecule has 3 N–H and O–H groups in total. The fourth-order valence-corrected chi connectivity index (χ4v) is 2.29. The maximum atomic E-state index is 11.8. The van der Waals surface area contributed by atoms with E-state index in [-0.39, 0.29) is 12.6 Å². The Hall–Kier alpha value is -1.55. The molecule has 112 valence electrons. The zero-order valence-corrected chi connectivity index (χ0v) is 12.7. The third kappa shape index (κ3) is 5.61. The lowest BCUT2D eigenvalue weighted by atomic mass is 9.93. The Morgan fingerprint density at radius 1 is 1.15 bits per heavy atom. The van der Waals surface area contributed by atoms with Crippen LogP contribution in [-0.4, -0.2) is 23.3 Å². The third-order valence-electron chi connectivity index (χ3n) is 3.32. The molecule has 4 heteroatoms. The van der Waals surface area contributed by atoms with Crippen molar-refractivity contribution in [2.75, 3.05) is 11.9 Å². The summed E-state index contributed by atoms with van der Waals surface area (Å²) >= 11 is 0. The maximum absolute atomic E-state index is 11.8. The monoisotopic (exact) mass is 278 g/mol. The highest BCUT2D eigenvalue weighted by atomic mass is 16.3. The standard InChI is InChI=1S/C16H26N2O2/c1-4-10-16(20,11-5-2)12-17-15(19)18-14-8-6-13(3)7-9-14/h6-9,20H,4-5,10-12H2,1-3H3,(H2,17,18,19). The molecule has 1 aromatic carbocycles. The van der Waals surface area contributed by atoms with Gasteiger partial charge in [-0.3, -0.25) is 0 Å². The number of anilines is 1. The number of carbonyl (C=O) groups excluding carboxylic acids is 1. The summed E-state index contributed by atoms with van der Waals surface area (Å²) in [5.74, 6) is 0. The molecule has 4 nitrogen and oxygen atoms in total. The Morgan fingerprint density at radius 2 is 1.70 bits per heavy atom. The van der Waals surface area contributed by atoms with Crippen LogP contribution in [0.1, 0.15) is 45.1 Å². The van der Waals surface area contributed by atoms with Gasteiger partial charge in [0.1, 0.15) is 0 Å². The maximum Gasteiger partial charge on any atom is 0.319 e. The number of carbonyl (C=O) groups is 1. The largest absolute Gasteiger partial charge is 0.388 e. The van der Waals surface area contributed by atoms with Crippen LogP contribution in [-0.2, 0) is 0 Å². The fourth-order valence-electron chi connectivity index (χ4n) is 2.29. The van der Waals surface area contributed by atoms with E-state index in [1.54, 1.807) is 0 Å². The number of urea groups is 1. The molecular formula is C16H26N2O2. The van der Waals surface area contributed by atoms with E-state index in [1.807, 2.05) is 45.0 Å². The zero-order chi connectivity index (χ0) is 15.0. The molecule has 0 spiro atoms. The predicted octanol–water partition coefficient (Wildman–Crippen LogP) is 3.45. The summed E-state index contributed by atoms with van der Waals surface area (Å²) in [6, 6.07) is 7.33. The predicted molar refractivity (Wildman–Crippen MR) is 83.0 cm³/mol. The Kier molecular flexibility index (Phi) is 6.52. The number of aliphatic hydroxyl groups is 1. The van der Waals surface area contributed by atoms with E-state index in [0.29, 0.717) is 12.8 Å². The van der Waals surface area contributed by atoms with Gasteiger partial charge in [-0.25, -0.2) is 4.79 Å². The molecule has 20 heavy (non-hydrogen) atoms. The first-order valence-corrected chi connectivity index (χ1v) is 7.33. The third-order valence-corrected chi connectivity index (χ3v) is 3.32. The van der Waals surface area contributed by atoms with Crippen molar-refractivity contribution in [2.24, 2.45) is 0 Å². The van der Waals surface area contributed by atoms with Crippen LogP contribution in [0, 0.1) is 6.92 Å². The zero-order valence-electron chi connectivity index (χ0n) is 12.7. The second-order valence-electron chi connectivity index (χ2n) is 5.40. The molecule has 0 saturated heterocycles. The molecule has 0 atom stereocenters. The van der Waals surface area contributed by atoms with E-state index < -0.39 is 5.60 Å². The van der Waals surface area contributed by atoms with Crippen molar-refractivity contribution < 1.29 is 9.90 Å². The number of amides is 2. The van der Waals surface area contributed by atoms with E-state index >= 15 is 0 Å². The van der Waals surface area contributed by atoms with Crippen LogP contribution < -0.4 is 10.6 Å². The molecule has 2 amide bonds.